The van der Waals surface area contributed by atoms with Gasteiger partial charge in [0.05, 0.1) is 11.7 Å². The van der Waals surface area contributed by atoms with Crippen LogP contribution in [0.3, 0.4) is 0 Å². The molecule has 2 heteroatoms. The monoisotopic (exact) mass is 248 g/mol. The SMILES string of the molecule is CCc1ccc(CC2(O)CCCC(OC)C2)cc1. The van der Waals surface area contributed by atoms with E-state index in [1.807, 2.05) is 0 Å². The summed E-state index contributed by atoms with van der Waals surface area (Å²) in [4.78, 5) is 0. The van der Waals surface area contributed by atoms with Gasteiger partial charge >= 0.3 is 0 Å². The molecule has 1 aromatic rings. The zero-order valence-electron chi connectivity index (χ0n) is 11.5. The normalized spacial score (nSPS) is 28.3. The molecule has 1 N–H and O–H groups in total. The van der Waals surface area contributed by atoms with E-state index >= 15 is 0 Å². The number of ether oxygens (including phenoxy) is 1. The lowest BCUT2D eigenvalue weighted by Gasteiger charge is -2.36. The molecule has 1 aliphatic rings. The minimum Gasteiger partial charge on any atom is -0.389 e. The van der Waals surface area contributed by atoms with Crippen LogP contribution in [0.1, 0.15) is 43.7 Å². The number of aryl methyl sites for hydroxylation is 1. The average molecular weight is 248 g/mol. The fourth-order valence-electron chi connectivity index (χ4n) is 2.92. The molecule has 2 atom stereocenters. The molecule has 0 aliphatic heterocycles. The van der Waals surface area contributed by atoms with Crippen LogP contribution in [0, 0.1) is 0 Å². The van der Waals surface area contributed by atoms with Gasteiger partial charge in [-0.3, -0.25) is 0 Å². The van der Waals surface area contributed by atoms with Crippen LogP contribution in [0.25, 0.3) is 0 Å². The molecule has 18 heavy (non-hydrogen) atoms. The van der Waals surface area contributed by atoms with Gasteiger partial charge in [-0.1, -0.05) is 31.2 Å². The van der Waals surface area contributed by atoms with Crippen molar-refractivity contribution in [2.45, 2.75) is 57.2 Å². The molecule has 100 valence electrons. The number of rotatable bonds is 4. The van der Waals surface area contributed by atoms with Gasteiger partial charge in [0.15, 0.2) is 0 Å². The first-order chi connectivity index (χ1) is 8.65. The first kappa shape index (κ1) is 13.6. The van der Waals surface area contributed by atoms with Crippen LogP contribution in [-0.2, 0) is 17.6 Å². The Labute approximate surface area is 110 Å². The Morgan fingerprint density at radius 3 is 2.56 bits per heavy atom. The van der Waals surface area contributed by atoms with Crippen LogP contribution in [0.4, 0.5) is 0 Å². The minimum atomic E-state index is -0.577. The van der Waals surface area contributed by atoms with Gasteiger partial charge in [0.2, 0.25) is 0 Å². The maximum atomic E-state index is 10.7. The Kier molecular flexibility index (Phi) is 4.41. The van der Waals surface area contributed by atoms with Crippen molar-refractivity contribution in [3.8, 4) is 0 Å². The third-order valence-corrected chi connectivity index (χ3v) is 4.07. The van der Waals surface area contributed by atoms with Crippen molar-refractivity contribution in [1.29, 1.82) is 0 Å². The largest absolute Gasteiger partial charge is 0.389 e. The maximum Gasteiger partial charge on any atom is 0.0712 e. The van der Waals surface area contributed by atoms with E-state index in [1.54, 1.807) is 7.11 Å². The molecule has 1 saturated carbocycles. The molecule has 1 aliphatic carbocycles. The zero-order valence-corrected chi connectivity index (χ0v) is 11.5. The maximum absolute atomic E-state index is 10.7. The predicted molar refractivity (Wildman–Crippen MR) is 73.7 cm³/mol. The van der Waals surface area contributed by atoms with Gasteiger partial charge in [-0.2, -0.15) is 0 Å². The second-order valence-corrected chi connectivity index (χ2v) is 5.53. The van der Waals surface area contributed by atoms with Crippen LogP contribution in [0.5, 0.6) is 0 Å². The second-order valence-electron chi connectivity index (χ2n) is 5.53. The predicted octanol–water partition coefficient (Wildman–Crippen LogP) is 3.11. The van der Waals surface area contributed by atoms with E-state index in [2.05, 4.69) is 31.2 Å². The molecular formula is C16H24O2. The van der Waals surface area contributed by atoms with Crippen molar-refractivity contribution in [3.05, 3.63) is 35.4 Å². The van der Waals surface area contributed by atoms with E-state index in [-0.39, 0.29) is 6.10 Å². The van der Waals surface area contributed by atoms with Crippen molar-refractivity contribution >= 4 is 0 Å². The number of aliphatic hydroxyl groups is 1. The molecule has 0 aromatic heterocycles. The van der Waals surface area contributed by atoms with Crippen molar-refractivity contribution in [2.75, 3.05) is 7.11 Å². The number of methoxy groups -OCH3 is 1. The van der Waals surface area contributed by atoms with Crippen LogP contribution >= 0.6 is 0 Å². The summed E-state index contributed by atoms with van der Waals surface area (Å²) in [6.07, 6.45) is 5.82. The number of hydrogen-bond donors (Lipinski definition) is 1. The van der Waals surface area contributed by atoms with Gasteiger partial charge in [0.1, 0.15) is 0 Å². The van der Waals surface area contributed by atoms with E-state index in [1.165, 1.54) is 11.1 Å². The first-order valence-electron chi connectivity index (χ1n) is 6.98. The number of hydrogen-bond acceptors (Lipinski definition) is 2. The van der Waals surface area contributed by atoms with Crippen LogP contribution in [-0.4, -0.2) is 23.9 Å². The standard InChI is InChI=1S/C16H24O2/c1-3-13-6-8-14(9-7-13)11-16(17)10-4-5-15(12-16)18-2/h6-9,15,17H,3-5,10-12H2,1-2H3. The highest BCUT2D eigenvalue weighted by Gasteiger charge is 2.34. The second kappa shape index (κ2) is 5.85. The van der Waals surface area contributed by atoms with E-state index < -0.39 is 5.60 Å². The van der Waals surface area contributed by atoms with Crippen LogP contribution in [0.2, 0.25) is 0 Å². The molecule has 1 fully saturated rings. The molecule has 0 radical (unpaired) electrons. The summed E-state index contributed by atoms with van der Waals surface area (Å²) in [5, 5.41) is 10.7. The molecule has 0 heterocycles. The molecule has 2 unspecified atom stereocenters. The van der Waals surface area contributed by atoms with E-state index in [0.29, 0.717) is 0 Å². The number of benzene rings is 1. The zero-order chi connectivity index (χ0) is 13.0. The lowest BCUT2D eigenvalue weighted by atomic mass is 9.79. The Bertz CT molecular complexity index is 371. The molecule has 0 bridgehead atoms. The average Bonchev–Trinajstić information content (AvgIpc) is 2.39. The first-order valence-corrected chi connectivity index (χ1v) is 6.98. The van der Waals surface area contributed by atoms with Crippen LogP contribution < -0.4 is 0 Å². The third kappa shape index (κ3) is 3.33. The lowest BCUT2D eigenvalue weighted by molar-refractivity contribution is -0.0581. The van der Waals surface area contributed by atoms with Gasteiger partial charge < -0.3 is 9.84 Å². The smallest absolute Gasteiger partial charge is 0.0712 e. The van der Waals surface area contributed by atoms with Gasteiger partial charge in [0.25, 0.3) is 0 Å². The summed E-state index contributed by atoms with van der Waals surface area (Å²) in [6.45, 7) is 2.16. The summed E-state index contributed by atoms with van der Waals surface area (Å²) in [7, 11) is 1.74. The highest BCUT2D eigenvalue weighted by Crippen LogP contribution is 2.32. The summed E-state index contributed by atoms with van der Waals surface area (Å²) in [6, 6.07) is 8.62. The summed E-state index contributed by atoms with van der Waals surface area (Å²) >= 11 is 0. The van der Waals surface area contributed by atoms with Gasteiger partial charge in [-0.25, -0.2) is 0 Å². The van der Waals surface area contributed by atoms with E-state index in [0.717, 1.165) is 38.5 Å². The van der Waals surface area contributed by atoms with Crippen molar-refractivity contribution in [2.24, 2.45) is 0 Å². The van der Waals surface area contributed by atoms with Crippen LogP contribution in [0.15, 0.2) is 24.3 Å². The molecule has 2 rings (SSSR count). The lowest BCUT2D eigenvalue weighted by Crippen LogP contribution is -2.40. The van der Waals surface area contributed by atoms with Crippen molar-refractivity contribution in [1.82, 2.24) is 0 Å². The Morgan fingerprint density at radius 1 is 1.28 bits per heavy atom. The van der Waals surface area contributed by atoms with Gasteiger partial charge in [-0.05, 0) is 36.8 Å². The highest BCUT2D eigenvalue weighted by atomic mass is 16.5. The Hall–Kier alpha value is -0.860. The summed E-state index contributed by atoms with van der Waals surface area (Å²) in [5.74, 6) is 0. The summed E-state index contributed by atoms with van der Waals surface area (Å²) in [5.41, 5.74) is 2.00. The molecule has 2 nitrogen and oxygen atoms in total. The van der Waals surface area contributed by atoms with Crippen molar-refractivity contribution < 1.29 is 9.84 Å². The van der Waals surface area contributed by atoms with Crippen molar-refractivity contribution in [3.63, 3.8) is 0 Å². The Balaban J connectivity index is 2.02. The fraction of sp³-hybridized carbons (Fsp3) is 0.625. The molecular weight excluding hydrogens is 224 g/mol. The van der Waals surface area contributed by atoms with Gasteiger partial charge in [-0.15, -0.1) is 0 Å². The van der Waals surface area contributed by atoms with Gasteiger partial charge in [0, 0.05) is 20.0 Å². The molecule has 0 amide bonds. The quantitative estimate of drug-likeness (QED) is 0.887. The molecule has 0 saturated heterocycles. The highest BCUT2D eigenvalue weighted by molar-refractivity contribution is 5.24. The minimum absolute atomic E-state index is 0.221. The molecule has 1 aromatic carbocycles. The van der Waals surface area contributed by atoms with E-state index in [9.17, 15) is 5.11 Å². The Morgan fingerprint density at radius 2 is 1.94 bits per heavy atom. The fourth-order valence-corrected chi connectivity index (χ4v) is 2.92. The topological polar surface area (TPSA) is 29.5 Å². The van der Waals surface area contributed by atoms with E-state index in [4.69, 9.17) is 4.74 Å². The third-order valence-electron chi connectivity index (χ3n) is 4.07. The molecule has 0 spiro atoms. The summed E-state index contributed by atoms with van der Waals surface area (Å²) < 4.78 is 5.40.